The van der Waals surface area contributed by atoms with Crippen molar-refractivity contribution >= 4 is 5.78 Å². The van der Waals surface area contributed by atoms with Gasteiger partial charge in [0, 0.05) is 11.6 Å². The summed E-state index contributed by atoms with van der Waals surface area (Å²) in [4.78, 5) is 14.7. The zero-order chi connectivity index (χ0) is 14.5. The highest BCUT2D eigenvalue weighted by Crippen LogP contribution is 2.22. The van der Waals surface area contributed by atoms with Crippen LogP contribution in [0.25, 0.3) is 0 Å². The molecule has 0 aliphatic carbocycles. The maximum atomic E-state index is 12.5. The highest BCUT2D eigenvalue weighted by Gasteiger charge is 2.30. The number of piperidine rings is 1. The quantitative estimate of drug-likeness (QED) is 0.838. The van der Waals surface area contributed by atoms with Gasteiger partial charge in [-0.2, -0.15) is 0 Å². The van der Waals surface area contributed by atoms with Crippen LogP contribution < -0.4 is 4.74 Å². The topological polar surface area (TPSA) is 49.8 Å². The Kier molecular flexibility index (Phi) is 5.15. The van der Waals surface area contributed by atoms with Gasteiger partial charge in [-0.1, -0.05) is 6.42 Å². The minimum absolute atomic E-state index is 0.105. The van der Waals surface area contributed by atoms with Crippen LogP contribution in [0.5, 0.6) is 5.75 Å². The second-order valence-corrected chi connectivity index (χ2v) is 5.34. The van der Waals surface area contributed by atoms with E-state index in [0.717, 1.165) is 31.6 Å². The molecule has 1 N–H and O–H groups in total. The fourth-order valence-corrected chi connectivity index (χ4v) is 2.88. The average Bonchev–Trinajstić information content (AvgIpc) is 2.53. The normalized spacial score (nSPS) is 21.4. The fraction of sp³-hybridized carbons (Fsp3) is 0.562. The molecule has 1 fully saturated rings. The maximum absolute atomic E-state index is 12.5. The summed E-state index contributed by atoms with van der Waals surface area (Å²) in [6.07, 6.45) is 3.19. The molecule has 0 bridgehead atoms. The van der Waals surface area contributed by atoms with Crippen LogP contribution in [-0.2, 0) is 0 Å². The first kappa shape index (κ1) is 15.0. The number of carbonyl (C=O) groups excluding carboxylic acids is 1. The smallest absolute Gasteiger partial charge is 0.179 e. The minimum atomic E-state index is -0.194. The second-order valence-electron chi connectivity index (χ2n) is 5.34. The molecule has 0 radical (unpaired) electrons. The van der Waals surface area contributed by atoms with Gasteiger partial charge in [0.25, 0.3) is 0 Å². The lowest BCUT2D eigenvalue weighted by Crippen LogP contribution is -2.49. The number of carbonyl (C=O) groups is 1. The van der Waals surface area contributed by atoms with Gasteiger partial charge in [0.1, 0.15) is 5.75 Å². The highest BCUT2D eigenvalue weighted by molar-refractivity contribution is 6.00. The first-order valence-electron chi connectivity index (χ1n) is 7.22. The standard InChI is InChI=1S/C16H23NO3/c1-12(17-10-4-3-5-14(17)11-18)16(19)13-6-8-15(20-2)9-7-13/h6-9,12,14,18H,3-5,10-11H2,1-2H3. The van der Waals surface area contributed by atoms with Gasteiger partial charge in [0.15, 0.2) is 5.78 Å². The predicted octanol–water partition coefficient (Wildman–Crippen LogP) is 2.11. The van der Waals surface area contributed by atoms with Crippen molar-refractivity contribution in [2.75, 3.05) is 20.3 Å². The molecule has 0 amide bonds. The number of rotatable bonds is 5. The van der Waals surface area contributed by atoms with Gasteiger partial charge in [0.2, 0.25) is 0 Å². The highest BCUT2D eigenvalue weighted by atomic mass is 16.5. The zero-order valence-corrected chi connectivity index (χ0v) is 12.2. The van der Waals surface area contributed by atoms with Crippen molar-refractivity contribution in [2.45, 2.75) is 38.3 Å². The molecule has 1 aromatic carbocycles. The van der Waals surface area contributed by atoms with Crippen LogP contribution in [0.15, 0.2) is 24.3 Å². The molecule has 1 heterocycles. The lowest BCUT2D eigenvalue weighted by Gasteiger charge is -2.38. The van der Waals surface area contributed by atoms with E-state index in [1.54, 1.807) is 31.4 Å². The number of likely N-dealkylation sites (tertiary alicyclic amines) is 1. The van der Waals surface area contributed by atoms with Crippen LogP contribution in [0.2, 0.25) is 0 Å². The molecule has 110 valence electrons. The van der Waals surface area contributed by atoms with E-state index < -0.39 is 0 Å². The van der Waals surface area contributed by atoms with Crippen molar-refractivity contribution in [3.05, 3.63) is 29.8 Å². The number of methoxy groups -OCH3 is 1. The lowest BCUT2D eigenvalue weighted by molar-refractivity contribution is 0.0491. The first-order chi connectivity index (χ1) is 9.67. The molecule has 0 aromatic heterocycles. The summed E-state index contributed by atoms with van der Waals surface area (Å²) >= 11 is 0. The Morgan fingerprint density at radius 1 is 1.40 bits per heavy atom. The van der Waals surface area contributed by atoms with E-state index in [9.17, 15) is 9.90 Å². The van der Waals surface area contributed by atoms with Gasteiger partial charge in [-0.15, -0.1) is 0 Å². The summed E-state index contributed by atoms with van der Waals surface area (Å²) in [5.74, 6) is 0.855. The molecule has 4 nitrogen and oxygen atoms in total. The molecule has 0 spiro atoms. The Morgan fingerprint density at radius 2 is 2.10 bits per heavy atom. The largest absolute Gasteiger partial charge is 0.497 e. The van der Waals surface area contributed by atoms with Crippen LogP contribution in [0.4, 0.5) is 0 Å². The van der Waals surface area contributed by atoms with Crippen LogP contribution in [0.1, 0.15) is 36.5 Å². The number of hydrogen-bond acceptors (Lipinski definition) is 4. The van der Waals surface area contributed by atoms with E-state index in [4.69, 9.17) is 4.74 Å². The SMILES string of the molecule is COc1ccc(C(=O)C(C)N2CCCCC2CO)cc1. The fourth-order valence-electron chi connectivity index (χ4n) is 2.88. The molecular weight excluding hydrogens is 254 g/mol. The third-order valence-corrected chi connectivity index (χ3v) is 4.13. The molecule has 2 unspecified atom stereocenters. The summed E-state index contributed by atoms with van der Waals surface area (Å²) in [5, 5.41) is 9.46. The van der Waals surface area contributed by atoms with Crippen molar-refractivity contribution in [3.63, 3.8) is 0 Å². The number of ketones is 1. The zero-order valence-electron chi connectivity index (χ0n) is 12.2. The Hall–Kier alpha value is -1.39. The Bertz CT molecular complexity index is 444. The maximum Gasteiger partial charge on any atom is 0.179 e. The van der Waals surface area contributed by atoms with E-state index in [2.05, 4.69) is 4.90 Å². The number of aliphatic hydroxyl groups excluding tert-OH is 1. The third-order valence-electron chi connectivity index (χ3n) is 4.13. The summed E-state index contributed by atoms with van der Waals surface area (Å²) in [6.45, 7) is 2.94. The lowest BCUT2D eigenvalue weighted by atomic mass is 9.97. The molecule has 1 aliphatic heterocycles. The number of Topliss-reactive ketones (excluding diaryl/α,β-unsaturated/α-hetero) is 1. The second kappa shape index (κ2) is 6.86. The Balaban J connectivity index is 2.10. The molecule has 2 rings (SSSR count). The van der Waals surface area contributed by atoms with E-state index in [1.807, 2.05) is 6.92 Å². The molecular formula is C16H23NO3. The van der Waals surface area contributed by atoms with Gasteiger partial charge < -0.3 is 9.84 Å². The first-order valence-corrected chi connectivity index (χ1v) is 7.22. The summed E-state index contributed by atoms with van der Waals surface area (Å²) in [5.41, 5.74) is 0.695. The monoisotopic (exact) mass is 277 g/mol. The van der Waals surface area contributed by atoms with Crippen LogP contribution in [0, 0.1) is 0 Å². The van der Waals surface area contributed by atoms with Crippen LogP contribution in [-0.4, -0.2) is 48.1 Å². The summed E-state index contributed by atoms with van der Waals surface area (Å²) in [6, 6.07) is 7.13. The molecule has 20 heavy (non-hydrogen) atoms. The number of aliphatic hydroxyl groups is 1. The molecule has 2 atom stereocenters. The summed E-state index contributed by atoms with van der Waals surface area (Å²) < 4.78 is 5.11. The van der Waals surface area contributed by atoms with Crippen molar-refractivity contribution in [3.8, 4) is 5.75 Å². The Morgan fingerprint density at radius 3 is 2.70 bits per heavy atom. The van der Waals surface area contributed by atoms with Gasteiger partial charge >= 0.3 is 0 Å². The molecule has 1 aliphatic rings. The third kappa shape index (κ3) is 3.19. The van der Waals surface area contributed by atoms with Crippen molar-refractivity contribution in [2.24, 2.45) is 0 Å². The van der Waals surface area contributed by atoms with Crippen LogP contribution in [0.3, 0.4) is 0 Å². The van der Waals surface area contributed by atoms with E-state index in [-0.39, 0.29) is 24.5 Å². The van der Waals surface area contributed by atoms with Gasteiger partial charge in [0.05, 0.1) is 19.8 Å². The minimum Gasteiger partial charge on any atom is -0.497 e. The predicted molar refractivity (Wildman–Crippen MR) is 78.2 cm³/mol. The molecule has 0 saturated carbocycles. The van der Waals surface area contributed by atoms with Crippen molar-refractivity contribution in [1.82, 2.24) is 4.90 Å². The van der Waals surface area contributed by atoms with E-state index in [1.165, 1.54) is 0 Å². The molecule has 1 aromatic rings. The Labute approximate surface area is 120 Å². The summed E-state index contributed by atoms with van der Waals surface area (Å²) in [7, 11) is 1.61. The van der Waals surface area contributed by atoms with Gasteiger partial charge in [-0.25, -0.2) is 0 Å². The number of ether oxygens (including phenoxy) is 1. The average molecular weight is 277 g/mol. The number of hydrogen-bond donors (Lipinski definition) is 1. The van der Waals surface area contributed by atoms with Crippen molar-refractivity contribution in [1.29, 1.82) is 0 Å². The van der Waals surface area contributed by atoms with E-state index in [0.29, 0.717) is 5.56 Å². The molecule has 4 heteroatoms. The van der Waals surface area contributed by atoms with Gasteiger partial charge in [-0.05, 0) is 50.6 Å². The van der Waals surface area contributed by atoms with Gasteiger partial charge in [-0.3, -0.25) is 9.69 Å². The number of benzene rings is 1. The molecule has 1 saturated heterocycles. The van der Waals surface area contributed by atoms with Crippen molar-refractivity contribution < 1.29 is 14.6 Å². The number of nitrogens with zero attached hydrogens (tertiary/aromatic N) is 1. The van der Waals surface area contributed by atoms with Crippen LogP contribution >= 0.6 is 0 Å². The van der Waals surface area contributed by atoms with E-state index >= 15 is 0 Å².